The number of hydrogen-bond donors (Lipinski definition) is 15. The number of guanidine groups is 1. The molecule has 1 aliphatic rings. The van der Waals surface area contributed by atoms with Crippen LogP contribution in [0.25, 0.3) is 0 Å². The Balaban J connectivity index is 2.27. The van der Waals surface area contributed by atoms with Crippen LogP contribution in [0.2, 0.25) is 0 Å². The number of carboxylic acids is 1. The van der Waals surface area contributed by atoms with Crippen molar-refractivity contribution in [2.45, 2.75) is 145 Å². The fourth-order valence-corrected chi connectivity index (χ4v) is 8.13. The van der Waals surface area contributed by atoms with Gasteiger partial charge in [-0.25, -0.2) is 4.79 Å². The smallest absolute Gasteiger partial charge is 0.331 e. The van der Waals surface area contributed by atoms with Crippen LogP contribution in [-0.4, -0.2) is 168 Å². The summed E-state index contributed by atoms with van der Waals surface area (Å²) in [4.78, 5) is 126. The average molecular weight is 1070 g/mol. The van der Waals surface area contributed by atoms with Crippen LogP contribution in [0.5, 0.6) is 0 Å². The van der Waals surface area contributed by atoms with Crippen LogP contribution in [0.15, 0.2) is 40.9 Å². The SMILES string of the molecule is C[C@H](NC(=O)[C@@H](NC(=O)[C@@H](N)CCCCN)[C@@H](O)CN)C(=O)NCC(=O)N[C@H](CCCN)C(=O)N1CCC[C@H]1C(=O)N[C@@H](Cc1ccccc1C#N)C(=O)N[C@@H](CCCCN)C(=O)CC/C(=C\CCN=C(N)N)C(=O)O. The Morgan fingerprint density at radius 2 is 1.46 bits per heavy atom. The molecule has 1 fully saturated rings. The zero-order valence-electron chi connectivity index (χ0n) is 43.3. The van der Waals surface area contributed by atoms with Gasteiger partial charge in [0.15, 0.2) is 11.7 Å². The Kier molecular flexibility index (Phi) is 30.1. The molecule has 76 heavy (non-hydrogen) atoms. The molecule has 1 aliphatic heterocycles. The number of unbranched alkanes of at least 4 members (excludes halogenated alkanes) is 2. The summed E-state index contributed by atoms with van der Waals surface area (Å²) in [6.07, 6.45) is 2.76. The van der Waals surface area contributed by atoms with Crippen LogP contribution in [-0.2, 0) is 49.6 Å². The largest absolute Gasteiger partial charge is 0.478 e. The predicted octanol–water partition coefficient (Wildman–Crippen LogP) is -4.68. The molecule has 0 saturated carbocycles. The lowest BCUT2D eigenvalue weighted by atomic mass is 9.97. The molecule has 422 valence electrons. The summed E-state index contributed by atoms with van der Waals surface area (Å²) < 4.78 is 0. The molecule has 1 aromatic rings. The number of carbonyl (C=O) groups is 9. The van der Waals surface area contributed by atoms with Crippen molar-refractivity contribution in [2.24, 2.45) is 45.1 Å². The molecule has 0 aromatic heterocycles. The molecule has 0 radical (unpaired) electrons. The number of benzene rings is 1. The van der Waals surface area contributed by atoms with Crippen molar-refractivity contribution in [3.05, 3.63) is 47.0 Å². The second kappa shape index (κ2) is 35.2. The van der Waals surface area contributed by atoms with Gasteiger partial charge in [-0.15, -0.1) is 0 Å². The third-order valence-corrected chi connectivity index (χ3v) is 12.4. The highest BCUT2D eigenvalue weighted by Gasteiger charge is 2.40. The molecule has 1 saturated heterocycles. The summed E-state index contributed by atoms with van der Waals surface area (Å²) in [7, 11) is 0. The van der Waals surface area contributed by atoms with Crippen molar-refractivity contribution >= 4 is 59.1 Å². The number of aliphatic imine (C=N–C) groups is 1. The lowest BCUT2D eigenvalue weighted by molar-refractivity contribution is -0.142. The van der Waals surface area contributed by atoms with Crippen LogP contribution in [0.3, 0.4) is 0 Å². The molecular formula is C49H80N16O11. The predicted molar refractivity (Wildman–Crippen MR) is 280 cm³/mol. The van der Waals surface area contributed by atoms with E-state index in [0.29, 0.717) is 50.8 Å². The number of amides is 7. The van der Waals surface area contributed by atoms with E-state index >= 15 is 0 Å². The Hall–Kier alpha value is -7.09. The maximum absolute atomic E-state index is 14.3. The molecule has 0 bridgehead atoms. The van der Waals surface area contributed by atoms with Gasteiger partial charge in [-0.1, -0.05) is 30.7 Å². The van der Waals surface area contributed by atoms with E-state index in [9.17, 15) is 58.6 Å². The first kappa shape index (κ1) is 65.0. The number of aliphatic hydroxyl groups excluding tert-OH is 1. The van der Waals surface area contributed by atoms with E-state index in [4.69, 9.17) is 40.1 Å². The Labute approximate surface area is 442 Å². The van der Waals surface area contributed by atoms with Crippen molar-refractivity contribution in [1.82, 2.24) is 36.8 Å². The molecular weight excluding hydrogens is 989 g/mol. The van der Waals surface area contributed by atoms with E-state index in [1.54, 1.807) is 18.2 Å². The molecule has 1 heterocycles. The number of hydrogen-bond acceptors (Lipinski definition) is 17. The van der Waals surface area contributed by atoms with E-state index in [2.05, 4.69) is 43.0 Å². The number of carboxylic acid groups (broad SMARTS) is 1. The number of likely N-dealkylation sites (tertiary alicyclic amines) is 1. The van der Waals surface area contributed by atoms with Crippen molar-refractivity contribution in [3.63, 3.8) is 0 Å². The molecule has 7 amide bonds. The summed E-state index contributed by atoms with van der Waals surface area (Å²) in [6.45, 7) is 1.26. The highest BCUT2D eigenvalue weighted by Crippen LogP contribution is 2.21. The molecule has 0 aliphatic carbocycles. The van der Waals surface area contributed by atoms with Crippen molar-refractivity contribution in [3.8, 4) is 6.07 Å². The van der Waals surface area contributed by atoms with Gasteiger partial charge in [-0.3, -0.25) is 43.3 Å². The summed E-state index contributed by atoms with van der Waals surface area (Å²) in [6, 6.07) is -0.251. The zero-order chi connectivity index (χ0) is 56.7. The van der Waals surface area contributed by atoms with Gasteiger partial charge in [0.25, 0.3) is 0 Å². The third kappa shape index (κ3) is 22.8. The molecule has 1 aromatic carbocycles. The first-order chi connectivity index (χ1) is 36.2. The fraction of sp³-hybridized carbons (Fsp3) is 0.612. The van der Waals surface area contributed by atoms with Gasteiger partial charge in [0.05, 0.1) is 36.4 Å². The summed E-state index contributed by atoms with van der Waals surface area (Å²) in [5, 5.41) is 45.3. The second-order valence-electron chi connectivity index (χ2n) is 18.3. The fourth-order valence-electron chi connectivity index (χ4n) is 8.13. The normalized spacial score (nSPS) is 16.0. The summed E-state index contributed by atoms with van der Waals surface area (Å²) in [5.74, 6) is -7.38. The lowest BCUT2D eigenvalue weighted by Crippen LogP contribution is -2.60. The number of nitrogens with zero attached hydrogens (tertiary/aromatic N) is 3. The van der Waals surface area contributed by atoms with E-state index in [1.807, 2.05) is 0 Å². The standard InChI is InChI=1S/C49H80N16O11/c1-29(60-46(73)41(39(67)27-54)64-43(70)33(55)14-4-6-20-50)42(69)59-28-40(68)61-35(16-8-22-52)47(74)65-24-10-17-37(65)45(72)63-36(25-31-11-2-3-12-32(31)26-53)44(71)62-34(15-5-7-21-51)38(66)19-18-30(48(75)76)13-9-23-58-49(56)57/h2-3,11-13,29,33-37,39,41,67H,4-10,14-25,27-28,50-52,54-55H2,1H3,(H,59,69)(H,60,73)(H,61,68)(H,62,71)(H,63,72)(H,64,70)(H,75,76)(H4,56,57,58)/b30-13+/t29-,33-,34-,35+,36-,37-,39-,41-/m0/s1. The number of aliphatic hydroxyl groups is 1. The maximum atomic E-state index is 14.3. The molecule has 8 atom stereocenters. The minimum atomic E-state index is -1.57. The molecule has 0 unspecified atom stereocenters. The van der Waals surface area contributed by atoms with Gasteiger partial charge in [-0.05, 0) is 109 Å². The number of ketones is 1. The monoisotopic (exact) mass is 1070 g/mol. The number of nitrogens with one attached hydrogen (secondary N) is 6. The summed E-state index contributed by atoms with van der Waals surface area (Å²) >= 11 is 0. The highest BCUT2D eigenvalue weighted by atomic mass is 16.4. The van der Waals surface area contributed by atoms with Gasteiger partial charge >= 0.3 is 5.97 Å². The van der Waals surface area contributed by atoms with Crippen LogP contribution < -0.4 is 72.0 Å². The zero-order valence-corrected chi connectivity index (χ0v) is 43.3. The van der Waals surface area contributed by atoms with E-state index in [-0.39, 0.29) is 94.5 Å². The van der Waals surface area contributed by atoms with Crippen LogP contribution in [0, 0.1) is 11.3 Å². The van der Waals surface area contributed by atoms with Gasteiger partial charge in [0.2, 0.25) is 41.4 Å². The lowest BCUT2D eigenvalue weighted by Gasteiger charge is -2.30. The van der Waals surface area contributed by atoms with Crippen LogP contribution >= 0.6 is 0 Å². The van der Waals surface area contributed by atoms with E-state index in [1.165, 1.54) is 24.0 Å². The topological polar surface area (TPSA) is 488 Å². The number of nitrogens with two attached hydrogens (primary N) is 7. The number of Topliss-reactive ketones (excluding diaryl/α,β-unsaturated/α-hetero) is 1. The number of rotatable bonds is 36. The van der Waals surface area contributed by atoms with Gasteiger partial charge in [-0.2, -0.15) is 5.26 Å². The van der Waals surface area contributed by atoms with E-state index < -0.39 is 115 Å². The van der Waals surface area contributed by atoms with Gasteiger partial charge in [0, 0.05) is 38.0 Å². The van der Waals surface area contributed by atoms with Crippen molar-refractivity contribution in [1.29, 1.82) is 5.26 Å². The van der Waals surface area contributed by atoms with Gasteiger partial charge in [0.1, 0.15) is 30.2 Å². The first-order valence-corrected chi connectivity index (χ1v) is 25.5. The maximum Gasteiger partial charge on any atom is 0.331 e. The number of carbonyl (C=O) groups excluding carboxylic acids is 8. The highest BCUT2D eigenvalue weighted by molar-refractivity contribution is 5.98. The Morgan fingerprint density at radius 3 is 2.09 bits per heavy atom. The third-order valence-electron chi connectivity index (χ3n) is 12.4. The van der Waals surface area contributed by atoms with Crippen LogP contribution in [0.4, 0.5) is 0 Å². The van der Waals surface area contributed by atoms with Crippen molar-refractivity contribution < 1.29 is 53.4 Å². The molecule has 2 rings (SSSR count). The number of nitriles is 1. The second-order valence-corrected chi connectivity index (χ2v) is 18.3. The molecule has 27 nitrogen and oxygen atoms in total. The van der Waals surface area contributed by atoms with E-state index in [0.717, 1.165) is 0 Å². The Bertz CT molecular complexity index is 2220. The Morgan fingerprint density at radius 1 is 0.803 bits per heavy atom. The molecule has 0 spiro atoms. The average Bonchev–Trinajstić information content (AvgIpc) is 3.89. The molecule has 27 heteroatoms. The molecule has 22 N–H and O–H groups in total. The summed E-state index contributed by atoms with van der Waals surface area (Å²) in [5.41, 5.74) is 39.8. The minimum absolute atomic E-state index is 0.0385. The van der Waals surface area contributed by atoms with Gasteiger partial charge < -0.3 is 87.1 Å². The number of aliphatic carboxylic acids is 1. The van der Waals surface area contributed by atoms with Crippen LogP contribution in [0.1, 0.15) is 102 Å². The first-order valence-electron chi connectivity index (χ1n) is 25.5. The quantitative estimate of drug-likeness (QED) is 0.0130. The van der Waals surface area contributed by atoms with Crippen molar-refractivity contribution in [2.75, 3.05) is 45.8 Å². The minimum Gasteiger partial charge on any atom is -0.478 e.